The molecule has 0 aromatic carbocycles. The third-order valence-electron chi connectivity index (χ3n) is 3.69. The molecule has 1 heterocycles. The van der Waals surface area contributed by atoms with Gasteiger partial charge in [-0.2, -0.15) is 11.8 Å². The molecule has 2 unspecified atom stereocenters. The molecule has 1 spiro atoms. The summed E-state index contributed by atoms with van der Waals surface area (Å²) in [6, 6.07) is 0. The van der Waals surface area contributed by atoms with Crippen LogP contribution in [0.15, 0.2) is 0 Å². The van der Waals surface area contributed by atoms with Crippen LogP contribution in [-0.4, -0.2) is 29.8 Å². The maximum atomic E-state index is 9.28. The van der Waals surface area contributed by atoms with Gasteiger partial charge in [0.05, 0.1) is 6.61 Å². The van der Waals surface area contributed by atoms with Crippen molar-refractivity contribution in [1.29, 1.82) is 0 Å². The second-order valence-electron chi connectivity index (χ2n) is 4.26. The van der Waals surface area contributed by atoms with Gasteiger partial charge in [0.1, 0.15) is 0 Å². The van der Waals surface area contributed by atoms with Crippen LogP contribution in [0.2, 0.25) is 0 Å². The van der Waals surface area contributed by atoms with Crippen molar-refractivity contribution in [3.63, 3.8) is 0 Å². The van der Waals surface area contributed by atoms with E-state index in [1.165, 1.54) is 30.8 Å². The Labute approximate surface area is 77.9 Å². The summed E-state index contributed by atoms with van der Waals surface area (Å²) in [6.45, 7) is 0.966. The zero-order valence-electron chi connectivity index (χ0n) is 7.38. The maximum absolute atomic E-state index is 9.28. The van der Waals surface area contributed by atoms with Gasteiger partial charge in [0.15, 0.2) is 0 Å². The Hall–Kier alpha value is 0.270. The van der Waals surface area contributed by atoms with E-state index in [0.29, 0.717) is 18.6 Å². The first-order chi connectivity index (χ1) is 5.79. The van der Waals surface area contributed by atoms with Crippen LogP contribution in [0.4, 0.5) is 0 Å². The predicted molar refractivity (Wildman–Crippen MR) is 52.2 cm³/mol. The van der Waals surface area contributed by atoms with Crippen molar-refractivity contribution in [2.45, 2.75) is 19.3 Å². The van der Waals surface area contributed by atoms with Crippen LogP contribution in [0.5, 0.6) is 0 Å². The standard InChI is InChI=1S/C9H17NOS/c10-5-9(6-11)4-8(9)2-1-3-12-7-8/h11H,1-7,10H2. The number of aliphatic hydroxyl groups is 1. The van der Waals surface area contributed by atoms with Crippen molar-refractivity contribution >= 4 is 11.8 Å². The normalized spacial score (nSPS) is 46.5. The van der Waals surface area contributed by atoms with E-state index < -0.39 is 0 Å². The van der Waals surface area contributed by atoms with E-state index in [1.807, 2.05) is 11.8 Å². The first-order valence-corrected chi connectivity index (χ1v) is 5.83. The van der Waals surface area contributed by atoms with Crippen LogP contribution in [-0.2, 0) is 0 Å². The summed E-state index contributed by atoms with van der Waals surface area (Å²) >= 11 is 2.03. The predicted octanol–water partition coefficient (Wildman–Crippen LogP) is 0.841. The van der Waals surface area contributed by atoms with Crippen LogP contribution < -0.4 is 5.73 Å². The molecule has 2 rings (SSSR count). The molecule has 2 nitrogen and oxygen atoms in total. The minimum Gasteiger partial charge on any atom is -0.396 e. The second kappa shape index (κ2) is 2.89. The van der Waals surface area contributed by atoms with E-state index in [4.69, 9.17) is 5.73 Å². The fourth-order valence-electron chi connectivity index (χ4n) is 2.59. The molecule has 2 atom stereocenters. The molecule has 1 aliphatic heterocycles. The van der Waals surface area contributed by atoms with Gasteiger partial charge in [-0.1, -0.05) is 0 Å². The van der Waals surface area contributed by atoms with E-state index in [9.17, 15) is 5.11 Å². The Balaban J connectivity index is 2.05. The first kappa shape index (κ1) is 8.85. The molecule has 0 bridgehead atoms. The molecule has 70 valence electrons. The summed E-state index contributed by atoms with van der Waals surface area (Å²) in [4.78, 5) is 0. The van der Waals surface area contributed by atoms with Crippen LogP contribution >= 0.6 is 11.8 Å². The number of rotatable bonds is 2. The van der Waals surface area contributed by atoms with Crippen LogP contribution in [0.3, 0.4) is 0 Å². The van der Waals surface area contributed by atoms with Gasteiger partial charge in [-0.15, -0.1) is 0 Å². The zero-order chi connectivity index (χ0) is 8.66. The highest BCUT2D eigenvalue weighted by Gasteiger charge is 2.65. The topological polar surface area (TPSA) is 46.2 Å². The highest BCUT2D eigenvalue weighted by Crippen LogP contribution is 2.68. The fourth-order valence-corrected chi connectivity index (χ4v) is 4.03. The smallest absolute Gasteiger partial charge is 0.0505 e. The summed E-state index contributed by atoms with van der Waals surface area (Å²) in [7, 11) is 0. The van der Waals surface area contributed by atoms with Crippen molar-refractivity contribution in [3.8, 4) is 0 Å². The summed E-state index contributed by atoms with van der Waals surface area (Å²) < 4.78 is 0. The molecule has 12 heavy (non-hydrogen) atoms. The van der Waals surface area contributed by atoms with Crippen molar-refractivity contribution in [1.82, 2.24) is 0 Å². The van der Waals surface area contributed by atoms with Gasteiger partial charge in [-0.3, -0.25) is 0 Å². The van der Waals surface area contributed by atoms with E-state index in [0.717, 1.165) is 0 Å². The summed E-state index contributed by atoms with van der Waals surface area (Å²) in [6.07, 6.45) is 3.77. The Bertz CT molecular complexity index is 173. The third-order valence-corrected chi connectivity index (χ3v) is 5.03. The zero-order valence-corrected chi connectivity index (χ0v) is 8.20. The second-order valence-corrected chi connectivity index (χ2v) is 5.36. The van der Waals surface area contributed by atoms with Gasteiger partial charge in [0, 0.05) is 12.0 Å². The minimum atomic E-state index is 0.112. The Morgan fingerprint density at radius 3 is 2.75 bits per heavy atom. The molecule has 1 aliphatic carbocycles. The SMILES string of the molecule is NCC1(CO)CC12CCCSC2. The molecule has 1 saturated carbocycles. The van der Waals surface area contributed by atoms with Crippen molar-refractivity contribution in [2.75, 3.05) is 24.7 Å². The Morgan fingerprint density at radius 1 is 1.50 bits per heavy atom. The van der Waals surface area contributed by atoms with Gasteiger partial charge >= 0.3 is 0 Å². The van der Waals surface area contributed by atoms with Gasteiger partial charge in [0.25, 0.3) is 0 Å². The van der Waals surface area contributed by atoms with Gasteiger partial charge in [-0.25, -0.2) is 0 Å². The maximum Gasteiger partial charge on any atom is 0.0505 e. The first-order valence-electron chi connectivity index (χ1n) is 4.67. The lowest BCUT2D eigenvalue weighted by Gasteiger charge is -2.26. The van der Waals surface area contributed by atoms with Gasteiger partial charge < -0.3 is 10.8 Å². The van der Waals surface area contributed by atoms with E-state index in [-0.39, 0.29) is 5.41 Å². The van der Waals surface area contributed by atoms with E-state index in [1.54, 1.807) is 0 Å². The summed E-state index contributed by atoms with van der Waals surface area (Å²) in [5.74, 6) is 2.53. The minimum absolute atomic E-state index is 0.112. The number of aliphatic hydroxyl groups excluding tert-OH is 1. The molecule has 3 N–H and O–H groups in total. The van der Waals surface area contributed by atoms with Crippen LogP contribution in [0.25, 0.3) is 0 Å². The lowest BCUT2D eigenvalue weighted by atomic mass is 9.90. The van der Waals surface area contributed by atoms with Crippen molar-refractivity contribution in [3.05, 3.63) is 0 Å². The average Bonchev–Trinajstić information content (AvgIpc) is 2.75. The molecule has 0 aromatic heterocycles. The number of nitrogens with two attached hydrogens (primary N) is 1. The molecule has 2 fully saturated rings. The Kier molecular flexibility index (Phi) is 2.13. The fraction of sp³-hybridized carbons (Fsp3) is 1.00. The number of hydrogen-bond acceptors (Lipinski definition) is 3. The molecule has 3 heteroatoms. The molecule has 0 radical (unpaired) electrons. The molecular weight excluding hydrogens is 170 g/mol. The quantitative estimate of drug-likeness (QED) is 0.673. The Morgan fingerprint density at radius 2 is 2.33 bits per heavy atom. The van der Waals surface area contributed by atoms with Crippen molar-refractivity contribution in [2.24, 2.45) is 16.6 Å². The highest BCUT2D eigenvalue weighted by molar-refractivity contribution is 7.99. The average molecular weight is 187 g/mol. The largest absolute Gasteiger partial charge is 0.396 e. The molecule has 2 aliphatic rings. The lowest BCUT2D eigenvalue weighted by molar-refractivity contribution is 0.177. The summed E-state index contributed by atoms with van der Waals surface area (Å²) in [5.41, 5.74) is 6.26. The monoisotopic (exact) mass is 187 g/mol. The highest BCUT2D eigenvalue weighted by atomic mass is 32.2. The van der Waals surface area contributed by atoms with Crippen molar-refractivity contribution < 1.29 is 5.11 Å². The van der Waals surface area contributed by atoms with Gasteiger partial charge in [0.2, 0.25) is 0 Å². The van der Waals surface area contributed by atoms with E-state index in [2.05, 4.69) is 0 Å². The summed E-state index contributed by atoms with van der Waals surface area (Å²) in [5, 5.41) is 9.28. The molecule has 0 aromatic rings. The van der Waals surface area contributed by atoms with Crippen LogP contribution in [0, 0.1) is 10.8 Å². The number of thioether (sulfide) groups is 1. The molecular formula is C9H17NOS. The van der Waals surface area contributed by atoms with Gasteiger partial charge in [-0.05, 0) is 36.2 Å². The lowest BCUT2D eigenvalue weighted by Crippen LogP contribution is -2.30. The van der Waals surface area contributed by atoms with E-state index >= 15 is 0 Å². The molecule has 1 saturated heterocycles. The third kappa shape index (κ3) is 1.03. The number of hydrogen-bond donors (Lipinski definition) is 2. The van der Waals surface area contributed by atoms with Crippen LogP contribution in [0.1, 0.15) is 19.3 Å². The molecule has 0 amide bonds.